The molecule has 104 valence electrons. The number of hydrogen-bond acceptors (Lipinski definition) is 5. The third-order valence-corrected chi connectivity index (χ3v) is 3.98. The molecule has 2 aromatic heterocycles. The van der Waals surface area contributed by atoms with Gasteiger partial charge in [-0.25, -0.2) is 0 Å². The second-order valence-electron chi connectivity index (χ2n) is 4.28. The second-order valence-corrected chi connectivity index (χ2v) is 5.49. The lowest BCUT2D eigenvalue weighted by molar-refractivity contribution is 0.936. The molecule has 0 aliphatic rings. The molecular formula is C13H8BrClN6. The first-order valence-corrected chi connectivity index (χ1v) is 7.09. The monoisotopic (exact) mass is 362 g/mol. The lowest BCUT2D eigenvalue weighted by Gasteiger charge is -2.13. The first-order chi connectivity index (χ1) is 10.1. The highest BCUT2D eigenvalue weighted by atomic mass is 79.9. The zero-order chi connectivity index (χ0) is 15.0. The number of nitrogens with one attached hydrogen (secondary N) is 1. The first-order valence-electron chi connectivity index (χ1n) is 5.92. The van der Waals surface area contributed by atoms with Crippen LogP contribution in [0.1, 0.15) is 11.1 Å². The molecule has 1 aromatic carbocycles. The predicted octanol–water partition coefficient (Wildman–Crippen LogP) is 3.46. The number of aromatic nitrogens is 4. The first kappa shape index (κ1) is 13.8. The van der Waals surface area contributed by atoms with Gasteiger partial charge in [-0.15, -0.1) is 0 Å². The minimum Gasteiger partial charge on any atom is -0.339 e. The summed E-state index contributed by atoms with van der Waals surface area (Å²) >= 11 is 9.55. The molecule has 3 rings (SSSR count). The zero-order valence-electron chi connectivity index (χ0n) is 10.8. The van der Waals surface area contributed by atoms with Crippen molar-refractivity contribution in [2.75, 3.05) is 5.32 Å². The van der Waals surface area contributed by atoms with Crippen molar-refractivity contribution < 1.29 is 0 Å². The highest BCUT2D eigenvalue weighted by molar-refractivity contribution is 9.10. The summed E-state index contributed by atoms with van der Waals surface area (Å²) < 4.78 is 2.34. The molecule has 0 atom stereocenters. The van der Waals surface area contributed by atoms with Crippen LogP contribution in [0.15, 0.2) is 29.0 Å². The Morgan fingerprint density at radius 3 is 2.95 bits per heavy atom. The normalized spacial score (nSPS) is 10.6. The molecule has 1 N–H and O–H groups in total. The smallest absolute Gasteiger partial charge is 0.255 e. The molecule has 0 saturated carbocycles. The molecule has 0 spiro atoms. The van der Waals surface area contributed by atoms with Crippen molar-refractivity contribution >= 4 is 44.8 Å². The van der Waals surface area contributed by atoms with E-state index in [4.69, 9.17) is 16.9 Å². The quantitative estimate of drug-likeness (QED) is 0.705. The van der Waals surface area contributed by atoms with E-state index >= 15 is 0 Å². The van der Waals surface area contributed by atoms with Gasteiger partial charge in [0.15, 0.2) is 0 Å². The molecule has 8 heteroatoms. The Labute approximate surface area is 133 Å². The van der Waals surface area contributed by atoms with Gasteiger partial charge in [0.1, 0.15) is 17.3 Å². The summed E-state index contributed by atoms with van der Waals surface area (Å²) in [5, 5.41) is 16.6. The average molecular weight is 364 g/mol. The Hall–Kier alpha value is -2.17. The van der Waals surface area contributed by atoms with Crippen LogP contribution in [-0.4, -0.2) is 19.6 Å². The highest BCUT2D eigenvalue weighted by Gasteiger charge is 2.13. The van der Waals surface area contributed by atoms with Crippen molar-refractivity contribution in [1.82, 2.24) is 19.6 Å². The molecule has 0 amide bonds. The van der Waals surface area contributed by atoms with Gasteiger partial charge in [0.05, 0.1) is 17.3 Å². The van der Waals surface area contributed by atoms with Crippen LogP contribution >= 0.6 is 27.5 Å². The fourth-order valence-corrected chi connectivity index (χ4v) is 2.50. The Bertz CT molecular complexity index is 882. The van der Waals surface area contributed by atoms with E-state index in [2.05, 4.69) is 42.4 Å². The number of anilines is 2. The van der Waals surface area contributed by atoms with Crippen molar-refractivity contribution in [3.05, 3.63) is 45.3 Å². The molecule has 2 heterocycles. The van der Waals surface area contributed by atoms with E-state index in [0.29, 0.717) is 22.3 Å². The van der Waals surface area contributed by atoms with Gasteiger partial charge < -0.3 is 5.32 Å². The largest absolute Gasteiger partial charge is 0.339 e. The van der Waals surface area contributed by atoms with E-state index in [-0.39, 0.29) is 0 Å². The molecule has 3 aromatic rings. The molecule has 0 bridgehead atoms. The number of halogens is 2. The lowest BCUT2D eigenvalue weighted by Crippen LogP contribution is -2.05. The topological polar surface area (TPSA) is 78.9 Å². The van der Waals surface area contributed by atoms with E-state index in [0.717, 1.165) is 15.7 Å². The summed E-state index contributed by atoms with van der Waals surface area (Å²) in [6.45, 7) is 1.84. The predicted molar refractivity (Wildman–Crippen MR) is 82.7 cm³/mol. The van der Waals surface area contributed by atoms with E-state index in [1.54, 1.807) is 22.7 Å². The average Bonchev–Trinajstić information content (AvgIpc) is 2.93. The maximum atomic E-state index is 8.90. The standard InChI is InChI=1S/C13H8BrClN6/c1-7-11(15)20-13-17-6-18-21(13)12(7)19-10-3-2-8(5-16)4-9(10)14/h2-4,6,19H,1H3. The number of fused-ring (bicyclic) bond motifs is 1. The highest BCUT2D eigenvalue weighted by Crippen LogP contribution is 2.30. The Morgan fingerprint density at radius 2 is 2.24 bits per heavy atom. The maximum absolute atomic E-state index is 8.90. The van der Waals surface area contributed by atoms with Gasteiger partial charge in [-0.1, -0.05) is 11.6 Å². The van der Waals surface area contributed by atoms with Crippen LogP contribution in [0.3, 0.4) is 0 Å². The molecule has 0 unspecified atom stereocenters. The summed E-state index contributed by atoms with van der Waals surface area (Å²) in [7, 11) is 0. The van der Waals surface area contributed by atoms with Crippen LogP contribution in [0.4, 0.5) is 11.5 Å². The summed E-state index contributed by atoms with van der Waals surface area (Å²) in [6.07, 6.45) is 1.41. The SMILES string of the molecule is Cc1c(Cl)nc2ncnn2c1Nc1ccc(C#N)cc1Br. The molecule has 0 fully saturated rings. The van der Waals surface area contributed by atoms with Crippen LogP contribution in [0.2, 0.25) is 5.15 Å². The number of nitrogens with zero attached hydrogens (tertiary/aromatic N) is 5. The number of rotatable bonds is 2. The Balaban J connectivity index is 2.12. The van der Waals surface area contributed by atoms with Crippen LogP contribution in [0, 0.1) is 18.3 Å². The molecule has 0 aliphatic carbocycles. The van der Waals surface area contributed by atoms with Crippen LogP contribution in [0.25, 0.3) is 5.78 Å². The minimum atomic E-state index is 0.364. The third-order valence-electron chi connectivity index (χ3n) is 2.96. The number of benzene rings is 1. The lowest BCUT2D eigenvalue weighted by atomic mass is 10.2. The van der Waals surface area contributed by atoms with Gasteiger partial charge in [0, 0.05) is 10.0 Å². The van der Waals surface area contributed by atoms with Crippen molar-refractivity contribution in [2.24, 2.45) is 0 Å². The Morgan fingerprint density at radius 1 is 1.43 bits per heavy atom. The van der Waals surface area contributed by atoms with E-state index in [1.165, 1.54) is 6.33 Å². The van der Waals surface area contributed by atoms with Gasteiger partial charge in [-0.2, -0.15) is 24.8 Å². The molecule has 0 saturated heterocycles. The molecule has 0 radical (unpaired) electrons. The van der Waals surface area contributed by atoms with Gasteiger partial charge >= 0.3 is 0 Å². The van der Waals surface area contributed by atoms with E-state index < -0.39 is 0 Å². The van der Waals surface area contributed by atoms with Gasteiger partial charge in [0.2, 0.25) is 0 Å². The summed E-state index contributed by atoms with van der Waals surface area (Å²) in [5.41, 5.74) is 2.12. The fraction of sp³-hybridized carbons (Fsp3) is 0.0769. The third kappa shape index (κ3) is 2.44. The van der Waals surface area contributed by atoms with Gasteiger partial charge in [0.25, 0.3) is 5.78 Å². The van der Waals surface area contributed by atoms with Crippen LogP contribution in [-0.2, 0) is 0 Å². The summed E-state index contributed by atoms with van der Waals surface area (Å²) in [5.74, 6) is 1.09. The second kappa shape index (κ2) is 5.31. The molecule has 6 nitrogen and oxygen atoms in total. The van der Waals surface area contributed by atoms with Crippen molar-refractivity contribution in [3.63, 3.8) is 0 Å². The van der Waals surface area contributed by atoms with E-state index in [9.17, 15) is 0 Å². The van der Waals surface area contributed by atoms with Crippen molar-refractivity contribution in [3.8, 4) is 6.07 Å². The number of nitriles is 1. The van der Waals surface area contributed by atoms with Crippen molar-refractivity contribution in [2.45, 2.75) is 6.92 Å². The van der Waals surface area contributed by atoms with Crippen LogP contribution in [0.5, 0.6) is 0 Å². The number of hydrogen-bond donors (Lipinski definition) is 1. The molecule has 21 heavy (non-hydrogen) atoms. The molecule has 0 aliphatic heterocycles. The fourth-order valence-electron chi connectivity index (χ4n) is 1.86. The Kier molecular flexibility index (Phi) is 3.49. The zero-order valence-corrected chi connectivity index (χ0v) is 13.1. The molecular weight excluding hydrogens is 356 g/mol. The van der Waals surface area contributed by atoms with Crippen LogP contribution < -0.4 is 5.32 Å². The van der Waals surface area contributed by atoms with E-state index in [1.807, 2.05) is 6.92 Å². The maximum Gasteiger partial charge on any atom is 0.255 e. The minimum absolute atomic E-state index is 0.364. The van der Waals surface area contributed by atoms with Gasteiger partial charge in [-0.05, 0) is 41.1 Å². The van der Waals surface area contributed by atoms with Crippen molar-refractivity contribution in [1.29, 1.82) is 5.26 Å². The summed E-state index contributed by atoms with van der Waals surface area (Å²) in [6, 6.07) is 7.35. The summed E-state index contributed by atoms with van der Waals surface area (Å²) in [4.78, 5) is 8.18. The van der Waals surface area contributed by atoms with Gasteiger partial charge in [-0.3, -0.25) is 0 Å².